The minimum Gasteiger partial charge on any atom is -0.540 e. The molecule has 0 spiro atoms. The second-order valence-electron chi connectivity index (χ2n) is 6.02. The zero-order chi connectivity index (χ0) is 20.0. The van der Waals surface area contributed by atoms with E-state index < -0.39 is 13.5 Å². The predicted octanol–water partition coefficient (Wildman–Crippen LogP) is 2.51. The average Bonchev–Trinajstić information content (AvgIpc) is 2.71. The molecule has 0 unspecified atom stereocenters. The topological polar surface area (TPSA) is 130 Å². The lowest BCUT2D eigenvalue weighted by molar-refractivity contribution is 0.0639. The first-order chi connectivity index (χ1) is 13.7. The maximum Gasteiger partial charge on any atom is 0.609 e. The standard InChI is InChI=1S/C14H24B2N6O6/c1-3-5-7-15-23-17-9-12-20-26-16(8-6-4-2,27-21-13-10-18-24-15)28-22-14-11-19-25-15/h9-14H,3-8H2,1-2H3/q-2/b17-9+,18-10+,19-11+,20-12+,21-13+,22-14?. The first-order valence-corrected chi connectivity index (χ1v) is 9.29. The summed E-state index contributed by atoms with van der Waals surface area (Å²) in [5.74, 6) is 0. The van der Waals surface area contributed by atoms with Crippen LogP contribution in [0.25, 0.3) is 0 Å². The maximum absolute atomic E-state index is 5.42. The highest BCUT2D eigenvalue weighted by atomic mass is 16.9. The third-order valence-electron chi connectivity index (χ3n) is 3.72. The molecular formula is C14H24B2N6O6-2. The first-order valence-electron chi connectivity index (χ1n) is 9.29. The molecule has 28 heavy (non-hydrogen) atoms. The molecule has 0 aromatic heterocycles. The zero-order valence-corrected chi connectivity index (χ0v) is 16.0. The average molecular weight is 394 g/mol. The minimum absolute atomic E-state index is 0.362. The van der Waals surface area contributed by atoms with Crippen LogP contribution in [0, 0.1) is 0 Å². The predicted molar refractivity (Wildman–Crippen MR) is 108 cm³/mol. The van der Waals surface area contributed by atoms with E-state index >= 15 is 0 Å². The van der Waals surface area contributed by atoms with Crippen molar-refractivity contribution in [1.82, 2.24) is 0 Å². The van der Waals surface area contributed by atoms with Crippen LogP contribution >= 0.6 is 0 Å². The summed E-state index contributed by atoms with van der Waals surface area (Å²) in [7, 11) is 0. The molecule has 0 saturated heterocycles. The Balaban J connectivity index is 2.36. The highest BCUT2D eigenvalue weighted by Crippen LogP contribution is 2.22. The van der Waals surface area contributed by atoms with Gasteiger partial charge in [-0.3, -0.25) is 0 Å². The molecule has 3 aliphatic heterocycles. The lowest BCUT2D eigenvalue weighted by Crippen LogP contribution is -2.42. The molecule has 0 amide bonds. The van der Waals surface area contributed by atoms with Crippen molar-refractivity contribution < 1.29 is 28.5 Å². The summed E-state index contributed by atoms with van der Waals surface area (Å²) < 4.78 is 32.5. The van der Waals surface area contributed by atoms with E-state index in [1.807, 2.05) is 13.8 Å². The van der Waals surface area contributed by atoms with Crippen molar-refractivity contribution in [3.8, 4) is 0 Å². The van der Waals surface area contributed by atoms with Gasteiger partial charge in [0.05, 0.1) is 37.3 Å². The van der Waals surface area contributed by atoms with Crippen molar-refractivity contribution in [3.05, 3.63) is 0 Å². The smallest absolute Gasteiger partial charge is 0.540 e. The van der Waals surface area contributed by atoms with Crippen LogP contribution in [-0.2, 0) is 28.5 Å². The van der Waals surface area contributed by atoms with Gasteiger partial charge in [-0.1, -0.05) is 52.2 Å². The zero-order valence-electron chi connectivity index (χ0n) is 16.0. The number of rotatable bonds is 6. The Labute approximate surface area is 163 Å². The Hall–Kier alpha value is -3.05. The van der Waals surface area contributed by atoms with Gasteiger partial charge in [-0.2, -0.15) is 0 Å². The van der Waals surface area contributed by atoms with E-state index in [1.54, 1.807) is 0 Å². The molecule has 12 nitrogen and oxygen atoms in total. The normalized spacial score (nSPS) is 32.5. The van der Waals surface area contributed by atoms with Gasteiger partial charge in [-0.05, 0) is 0 Å². The summed E-state index contributed by atoms with van der Waals surface area (Å²) in [5.41, 5.74) is 0. The van der Waals surface area contributed by atoms with Crippen LogP contribution in [0.5, 0.6) is 0 Å². The van der Waals surface area contributed by atoms with Crippen molar-refractivity contribution >= 4 is 50.8 Å². The first kappa shape index (κ1) is 21.3. The Morgan fingerprint density at radius 2 is 0.750 bits per heavy atom. The molecule has 0 atom stereocenters. The van der Waals surface area contributed by atoms with Gasteiger partial charge in [0.25, 0.3) is 0 Å². The lowest BCUT2D eigenvalue weighted by Gasteiger charge is -2.34. The fraction of sp³-hybridized carbons (Fsp3) is 0.571. The van der Waals surface area contributed by atoms with Crippen LogP contribution in [0.2, 0.25) is 12.6 Å². The van der Waals surface area contributed by atoms with Crippen LogP contribution in [0.3, 0.4) is 0 Å². The molecule has 0 aromatic carbocycles. The molecule has 0 aliphatic carbocycles. The van der Waals surface area contributed by atoms with E-state index in [-0.39, 0.29) is 0 Å². The Morgan fingerprint density at radius 1 is 0.500 bits per heavy atom. The summed E-state index contributed by atoms with van der Waals surface area (Å²) in [6, 6.07) is 0. The van der Waals surface area contributed by atoms with Gasteiger partial charge in [-0.15, -0.1) is 30.9 Å². The molecule has 3 rings (SSSR count). The van der Waals surface area contributed by atoms with Crippen molar-refractivity contribution in [1.29, 1.82) is 0 Å². The summed E-state index contributed by atoms with van der Waals surface area (Å²) in [4.78, 5) is 0. The highest BCUT2D eigenvalue weighted by Gasteiger charge is 2.38. The molecule has 3 aliphatic rings. The maximum atomic E-state index is 5.42. The number of hydrogen-bond donors (Lipinski definition) is 0. The minimum atomic E-state index is -2.44. The molecule has 0 saturated carbocycles. The quantitative estimate of drug-likeness (QED) is 0.637. The van der Waals surface area contributed by atoms with Crippen LogP contribution in [0.15, 0.2) is 30.9 Å². The van der Waals surface area contributed by atoms with Gasteiger partial charge < -0.3 is 28.5 Å². The largest absolute Gasteiger partial charge is 0.609 e. The van der Waals surface area contributed by atoms with Crippen LogP contribution in [0.1, 0.15) is 39.5 Å². The van der Waals surface area contributed by atoms with Gasteiger partial charge in [0.2, 0.25) is 0 Å². The molecule has 0 aromatic rings. The fourth-order valence-electron chi connectivity index (χ4n) is 2.27. The van der Waals surface area contributed by atoms with Crippen LogP contribution in [0.4, 0.5) is 0 Å². The molecule has 154 valence electrons. The summed E-state index contributed by atoms with van der Waals surface area (Å²) in [6.45, 7) is -0.860. The number of unbranched alkanes of at least 4 members (excludes halogenated alkanes) is 2. The second kappa shape index (κ2) is 11.6. The van der Waals surface area contributed by atoms with E-state index in [4.69, 9.17) is 28.5 Å². The van der Waals surface area contributed by atoms with E-state index in [2.05, 4.69) is 30.9 Å². The number of nitrogens with zero attached hydrogens (tertiary/aromatic N) is 6. The van der Waals surface area contributed by atoms with Gasteiger partial charge in [0.1, 0.15) is 0 Å². The van der Waals surface area contributed by atoms with E-state index in [9.17, 15) is 0 Å². The summed E-state index contributed by atoms with van der Waals surface area (Å²) in [6.07, 6.45) is 11.5. The van der Waals surface area contributed by atoms with Gasteiger partial charge in [0, 0.05) is 0 Å². The molecule has 0 N–H and O–H groups in total. The molecule has 2 bridgehead atoms. The van der Waals surface area contributed by atoms with Crippen LogP contribution < -0.4 is 0 Å². The van der Waals surface area contributed by atoms with Crippen molar-refractivity contribution in [2.24, 2.45) is 30.9 Å². The van der Waals surface area contributed by atoms with E-state index in [0.717, 1.165) is 25.7 Å². The molecule has 14 heteroatoms. The lowest BCUT2D eigenvalue weighted by atomic mass is 9.73. The molecule has 3 heterocycles. The fourth-order valence-corrected chi connectivity index (χ4v) is 2.27. The van der Waals surface area contributed by atoms with Crippen LogP contribution in [-0.4, -0.2) is 50.8 Å². The van der Waals surface area contributed by atoms with E-state index in [0.29, 0.717) is 12.6 Å². The molecule has 0 fully saturated rings. The molecule has 0 radical (unpaired) electrons. The summed E-state index contributed by atoms with van der Waals surface area (Å²) >= 11 is 0. The third kappa shape index (κ3) is 6.93. The Morgan fingerprint density at radius 3 is 0.964 bits per heavy atom. The monoisotopic (exact) mass is 394 g/mol. The van der Waals surface area contributed by atoms with E-state index in [1.165, 1.54) is 37.3 Å². The Bertz CT molecular complexity index is 516. The van der Waals surface area contributed by atoms with Gasteiger partial charge in [0.15, 0.2) is 0 Å². The summed E-state index contributed by atoms with van der Waals surface area (Å²) in [5, 5.41) is 22.8. The Kier molecular flexibility index (Phi) is 8.82. The van der Waals surface area contributed by atoms with Crippen molar-refractivity contribution in [2.45, 2.75) is 52.2 Å². The SMILES string of the molecule is CCCC[B-]12ON=C/C=N/O[B-](CCCC)(O/N=C/C=N/O1)O/N=C/C=N/O2. The molecular weight excluding hydrogens is 370 g/mol. The highest BCUT2D eigenvalue weighted by molar-refractivity contribution is 6.61. The van der Waals surface area contributed by atoms with Crippen molar-refractivity contribution in [2.75, 3.05) is 0 Å². The number of fused-ring (bicyclic) bond motifs is 9. The van der Waals surface area contributed by atoms with Crippen molar-refractivity contribution in [3.63, 3.8) is 0 Å². The van der Waals surface area contributed by atoms with Gasteiger partial charge >= 0.3 is 13.5 Å². The number of oxime groups is 6. The van der Waals surface area contributed by atoms with Gasteiger partial charge in [-0.25, -0.2) is 0 Å². The second-order valence-corrected chi connectivity index (χ2v) is 6.02. The third-order valence-corrected chi connectivity index (χ3v) is 3.72. The number of hydrogen-bond acceptors (Lipinski definition) is 12.